The maximum Gasteiger partial charge on any atom is 0.264 e. The molecule has 0 saturated heterocycles. The lowest BCUT2D eigenvalue weighted by atomic mass is 10.1. The minimum atomic E-state index is -3.87. The van der Waals surface area contributed by atoms with Crippen LogP contribution in [0.5, 0.6) is 0 Å². The molecule has 0 fully saturated rings. The van der Waals surface area contributed by atoms with Gasteiger partial charge in [-0.15, -0.1) is 0 Å². The molecule has 0 bridgehead atoms. The minimum absolute atomic E-state index is 0.0196. The predicted molar refractivity (Wildman–Crippen MR) is 107 cm³/mol. The summed E-state index contributed by atoms with van der Waals surface area (Å²) in [4.78, 5) is 11.1. The van der Waals surface area contributed by atoms with Crippen LogP contribution in [0.2, 0.25) is 5.02 Å². The summed E-state index contributed by atoms with van der Waals surface area (Å²) >= 11 is 6.12. The molecule has 3 aromatic carbocycles. The van der Waals surface area contributed by atoms with Crippen molar-refractivity contribution in [2.75, 3.05) is 4.31 Å². The van der Waals surface area contributed by atoms with Gasteiger partial charge in [0.05, 0.1) is 23.1 Å². The topological polar surface area (TPSA) is 77.5 Å². The summed E-state index contributed by atoms with van der Waals surface area (Å²) in [6.07, 6.45) is 0. The summed E-state index contributed by atoms with van der Waals surface area (Å²) in [6.45, 7) is 1.82. The summed E-state index contributed by atoms with van der Waals surface area (Å²) < 4.78 is 28.0. The number of carboxylic acid groups (broad SMARTS) is 1. The Hall–Kier alpha value is -2.83. The van der Waals surface area contributed by atoms with E-state index in [-0.39, 0.29) is 17.0 Å². The Labute approximate surface area is 168 Å². The first-order valence-electron chi connectivity index (χ1n) is 8.43. The fourth-order valence-electron chi connectivity index (χ4n) is 2.78. The van der Waals surface area contributed by atoms with Crippen LogP contribution < -0.4 is 9.41 Å². The zero-order valence-corrected chi connectivity index (χ0v) is 16.6. The first-order valence-corrected chi connectivity index (χ1v) is 10.2. The lowest BCUT2D eigenvalue weighted by Crippen LogP contribution is -2.31. The maximum atomic E-state index is 13.4. The van der Waals surface area contributed by atoms with Crippen molar-refractivity contribution in [3.05, 3.63) is 94.5 Å². The van der Waals surface area contributed by atoms with Crippen LogP contribution >= 0.6 is 11.6 Å². The summed E-state index contributed by atoms with van der Waals surface area (Å²) in [5.74, 6) is -1.29. The summed E-state index contributed by atoms with van der Waals surface area (Å²) in [5.41, 5.74) is 1.86. The molecular weight excluding hydrogens is 398 g/mol. The highest BCUT2D eigenvalue weighted by Crippen LogP contribution is 2.31. The van der Waals surface area contributed by atoms with Crippen molar-refractivity contribution in [2.45, 2.75) is 18.4 Å². The van der Waals surface area contributed by atoms with Gasteiger partial charge in [0.2, 0.25) is 0 Å². The number of hydrogen-bond donors (Lipinski definition) is 0. The van der Waals surface area contributed by atoms with Crippen LogP contribution in [0.1, 0.15) is 21.5 Å². The van der Waals surface area contributed by atoms with E-state index < -0.39 is 16.0 Å². The lowest BCUT2D eigenvalue weighted by Gasteiger charge is -2.26. The molecule has 0 N–H and O–H groups in total. The summed E-state index contributed by atoms with van der Waals surface area (Å²) in [5, 5.41) is 11.4. The Morgan fingerprint density at radius 3 is 2.25 bits per heavy atom. The first-order chi connectivity index (χ1) is 13.3. The number of anilines is 1. The molecule has 0 atom stereocenters. The third kappa shape index (κ3) is 4.18. The first kappa shape index (κ1) is 19.9. The standard InChI is InChI=1S/C21H18ClNO4S/c1-15-7-12-18(22)13-20(15)23(28(26,27)19-5-3-2-4-6-19)14-16-8-10-17(11-9-16)21(24)25/h2-13H,14H2,1H3,(H,24,25)/p-1. The second-order valence-corrected chi connectivity index (χ2v) is 8.54. The van der Waals surface area contributed by atoms with E-state index in [0.717, 1.165) is 5.56 Å². The fourth-order valence-corrected chi connectivity index (χ4v) is 4.48. The molecule has 0 aliphatic rings. The third-order valence-electron chi connectivity index (χ3n) is 4.29. The smallest absolute Gasteiger partial charge is 0.264 e. The van der Waals surface area contributed by atoms with Gasteiger partial charge in [0.15, 0.2) is 0 Å². The van der Waals surface area contributed by atoms with Crippen molar-refractivity contribution in [3.63, 3.8) is 0 Å². The van der Waals surface area contributed by atoms with Crippen LogP contribution in [0.15, 0.2) is 77.7 Å². The Balaban J connectivity index is 2.09. The number of aryl methyl sites for hydroxylation is 1. The predicted octanol–water partition coefficient (Wildman–Crippen LogP) is 3.41. The van der Waals surface area contributed by atoms with Crippen molar-refractivity contribution in [1.29, 1.82) is 0 Å². The van der Waals surface area contributed by atoms with Gasteiger partial charge in [-0.3, -0.25) is 4.31 Å². The van der Waals surface area contributed by atoms with E-state index in [1.807, 2.05) is 0 Å². The van der Waals surface area contributed by atoms with Crippen LogP contribution in [-0.2, 0) is 16.6 Å². The summed E-state index contributed by atoms with van der Waals surface area (Å²) in [6, 6.07) is 19.1. The number of carbonyl (C=O) groups excluding carboxylic acids is 1. The van der Waals surface area contributed by atoms with Crippen LogP contribution in [0.3, 0.4) is 0 Å². The number of carboxylic acids is 1. The molecule has 3 rings (SSSR count). The van der Waals surface area contributed by atoms with Gasteiger partial charge in [-0.05, 0) is 47.9 Å². The molecule has 0 aliphatic carbocycles. The molecule has 0 radical (unpaired) electrons. The average molecular weight is 415 g/mol. The number of rotatable bonds is 6. The van der Waals surface area contributed by atoms with E-state index in [0.29, 0.717) is 16.3 Å². The number of halogens is 1. The molecule has 144 valence electrons. The van der Waals surface area contributed by atoms with E-state index in [1.54, 1.807) is 55.5 Å². The Morgan fingerprint density at radius 1 is 1.00 bits per heavy atom. The zero-order valence-electron chi connectivity index (χ0n) is 15.0. The molecule has 0 unspecified atom stereocenters. The van der Waals surface area contributed by atoms with Crippen LogP contribution in [-0.4, -0.2) is 14.4 Å². The van der Waals surface area contributed by atoms with Crippen molar-refractivity contribution >= 4 is 33.3 Å². The van der Waals surface area contributed by atoms with Gasteiger partial charge in [0.1, 0.15) is 0 Å². The molecule has 0 saturated carbocycles. The highest BCUT2D eigenvalue weighted by molar-refractivity contribution is 7.92. The van der Waals surface area contributed by atoms with E-state index in [9.17, 15) is 18.3 Å². The van der Waals surface area contributed by atoms with E-state index >= 15 is 0 Å². The van der Waals surface area contributed by atoms with Gasteiger partial charge in [-0.2, -0.15) is 0 Å². The minimum Gasteiger partial charge on any atom is -0.545 e. The number of hydrogen-bond acceptors (Lipinski definition) is 4. The van der Waals surface area contributed by atoms with Gasteiger partial charge < -0.3 is 9.90 Å². The number of carbonyl (C=O) groups is 1. The monoisotopic (exact) mass is 414 g/mol. The number of benzene rings is 3. The number of aromatic carboxylic acids is 1. The van der Waals surface area contributed by atoms with Gasteiger partial charge >= 0.3 is 0 Å². The molecular formula is C21H17ClNO4S-. The second kappa shape index (κ2) is 8.04. The molecule has 7 heteroatoms. The van der Waals surface area contributed by atoms with Crippen molar-refractivity contribution in [1.82, 2.24) is 0 Å². The van der Waals surface area contributed by atoms with Crippen molar-refractivity contribution < 1.29 is 18.3 Å². The average Bonchev–Trinajstić information content (AvgIpc) is 2.69. The molecule has 28 heavy (non-hydrogen) atoms. The Morgan fingerprint density at radius 2 is 1.64 bits per heavy atom. The van der Waals surface area contributed by atoms with Gasteiger partial charge in [0, 0.05) is 5.02 Å². The normalized spacial score (nSPS) is 11.2. The fraction of sp³-hybridized carbons (Fsp3) is 0.0952. The Kier molecular flexibility index (Phi) is 5.72. The van der Waals surface area contributed by atoms with E-state index in [4.69, 9.17) is 11.6 Å². The molecule has 0 aliphatic heterocycles. The van der Waals surface area contributed by atoms with Crippen molar-refractivity contribution in [2.24, 2.45) is 0 Å². The number of sulfonamides is 1. The highest BCUT2D eigenvalue weighted by atomic mass is 35.5. The molecule has 0 spiro atoms. The lowest BCUT2D eigenvalue weighted by molar-refractivity contribution is -0.255. The molecule has 0 aromatic heterocycles. The third-order valence-corrected chi connectivity index (χ3v) is 6.30. The molecule has 0 amide bonds. The quantitative estimate of drug-likeness (QED) is 0.619. The molecule has 5 nitrogen and oxygen atoms in total. The van der Waals surface area contributed by atoms with Gasteiger partial charge in [-0.1, -0.05) is 60.1 Å². The van der Waals surface area contributed by atoms with Gasteiger partial charge in [0.25, 0.3) is 10.0 Å². The number of nitrogens with zero attached hydrogens (tertiary/aromatic N) is 1. The maximum absolute atomic E-state index is 13.4. The van der Waals surface area contributed by atoms with Crippen LogP contribution in [0.25, 0.3) is 0 Å². The largest absolute Gasteiger partial charge is 0.545 e. The van der Waals surface area contributed by atoms with E-state index in [1.165, 1.54) is 28.6 Å². The van der Waals surface area contributed by atoms with Crippen LogP contribution in [0.4, 0.5) is 5.69 Å². The Bertz CT molecular complexity index is 1100. The summed E-state index contributed by atoms with van der Waals surface area (Å²) in [7, 11) is -3.87. The van der Waals surface area contributed by atoms with E-state index in [2.05, 4.69) is 0 Å². The molecule has 0 heterocycles. The van der Waals surface area contributed by atoms with Crippen molar-refractivity contribution in [3.8, 4) is 0 Å². The highest BCUT2D eigenvalue weighted by Gasteiger charge is 2.26. The second-order valence-electron chi connectivity index (χ2n) is 6.24. The van der Waals surface area contributed by atoms with Crippen LogP contribution in [0, 0.1) is 6.92 Å². The van der Waals surface area contributed by atoms with Gasteiger partial charge in [-0.25, -0.2) is 8.42 Å². The SMILES string of the molecule is Cc1ccc(Cl)cc1N(Cc1ccc(C(=O)[O-])cc1)S(=O)(=O)c1ccccc1. The molecule has 3 aromatic rings. The zero-order chi connectivity index (χ0) is 20.3.